The molecule has 0 spiro atoms. The first-order valence-corrected chi connectivity index (χ1v) is 10.7. The Bertz CT molecular complexity index is 888. The molecule has 0 radical (unpaired) electrons. The van der Waals surface area contributed by atoms with Gasteiger partial charge in [0.1, 0.15) is 12.3 Å². The van der Waals surface area contributed by atoms with Gasteiger partial charge in [0.15, 0.2) is 0 Å². The highest BCUT2D eigenvalue weighted by Gasteiger charge is 2.21. The van der Waals surface area contributed by atoms with E-state index in [1.165, 1.54) is 0 Å². The van der Waals surface area contributed by atoms with Gasteiger partial charge in [-0.05, 0) is 65.3 Å². The minimum absolute atomic E-state index is 0.361. The number of rotatable bonds is 7. The summed E-state index contributed by atoms with van der Waals surface area (Å²) in [7, 11) is -3.65. The topological polar surface area (TPSA) is 75.7 Å². The molecular formula is C17H18BrClN2O4S. The second-order valence-corrected chi connectivity index (χ2v) is 8.54. The van der Waals surface area contributed by atoms with Gasteiger partial charge in [0.25, 0.3) is 0 Å². The predicted octanol–water partition coefficient (Wildman–Crippen LogP) is 3.91. The number of anilines is 2. The third-order valence-corrected chi connectivity index (χ3v) is 5.70. The van der Waals surface area contributed by atoms with Crippen LogP contribution in [0.1, 0.15) is 6.92 Å². The number of ether oxygens (including phenoxy) is 1. The molecule has 0 aliphatic carbocycles. The average molecular weight is 462 g/mol. The molecule has 0 aliphatic rings. The van der Waals surface area contributed by atoms with Gasteiger partial charge in [-0.15, -0.1) is 0 Å². The van der Waals surface area contributed by atoms with Crippen molar-refractivity contribution in [3.05, 3.63) is 52.0 Å². The number of amides is 1. The second kappa shape index (κ2) is 8.75. The minimum atomic E-state index is -3.65. The molecule has 0 saturated carbocycles. The summed E-state index contributed by atoms with van der Waals surface area (Å²) in [5.41, 5.74) is 0.850. The number of halogens is 2. The molecule has 1 N–H and O–H groups in total. The molecular weight excluding hydrogens is 444 g/mol. The van der Waals surface area contributed by atoms with Crippen molar-refractivity contribution in [2.75, 3.05) is 29.0 Å². The summed E-state index contributed by atoms with van der Waals surface area (Å²) in [6, 6.07) is 11.4. The first-order chi connectivity index (χ1) is 12.2. The van der Waals surface area contributed by atoms with Crippen molar-refractivity contribution in [2.45, 2.75) is 6.92 Å². The molecule has 0 fully saturated rings. The molecule has 1 amide bonds. The smallest absolute Gasteiger partial charge is 0.245 e. The van der Waals surface area contributed by atoms with Gasteiger partial charge >= 0.3 is 0 Å². The lowest BCUT2D eigenvalue weighted by Crippen LogP contribution is -2.37. The van der Waals surface area contributed by atoms with Crippen molar-refractivity contribution in [3.8, 4) is 5.75 Å². The Morgan fingerprint density at radius 1 is 1.23 bits per heavy atom. The first-order valence-electron chi connectivity index (χ1n) is 7.66. The Balaban J connectivity index is 2.17. The quantitative estimate of drug-likeness (QED) is 0.678. The normalized spacial score (nSPS) is 11.1. The first kappa shape index (κ1) is 20.5. The number of sulfonamides is 1. The maximum Gasteiger partial charge on any atom is 0.245 e. The molecule has 0 saturated heterocycles. The maximum absolute atomic E-state index is 12.3. The second-order valence-electron chi connectivity index (χ2n) is 5.37. The largest absolute Gasteiger partial charge is 0.494 e. The molecule has 0 heterocycles. The molecule has 0 bridgehead atoms. The molecule has 6 nitrogen and oxygen atoms in total. The summed E-state index contributed by atoms with van der Waals surface area (Å²) in [5, 5.41) is 3.08. The highest BCUT2D eigenvalue weighted by Crippen LogP contribution is 2.26. The summed E-state index contributed by atoms with van der Waals surface area (Å²) in [5.74, 6) is 0.140. The molecule has 140 valence electrons. The van der Waals surface area contributed by atoms with Gasteiger partial charge in [-0.2, -0.15) is 0 Å². The van der Waals surface area contributed by atoms with Gasteiger partial charge in [0, 0.05) is 10.2 Å². The zero-order valence-electron chi connectivity index (χ0n) is 14.2. The minimum Gasteiger partial charge on any atom is -0.494 e. The van der Waals surface area contributed by atoms with Crippen molar-refractivity contribution >= 4 is 54.8 Å². The van der Waals surface area contributed by atoms with Crippen LogP contribution in [0.2, 0.25) is 5.02 Å². The van der Waals surface area contributed by atoms with Crippen LogP contribution in [0.15, 0.2) is 46.9 Å². The summed E-state index contributed by atoms with van der Waals surface area (Å²) in [6.45, 7) is 2.00. The maximum atomic E-state index is 12.3. The lowest BCUT2D eigenvalue weighted by Gasteiger charge is -2.22. The Morgan fingerprint density at radius 3 is 2.42 bits per heavy atom. The van der Waals surface area contributed by atoms with E-state index in [0.29, 0.717) is 33.2 Å². The zero-order chi connectivity index (χ0) is 19.3. The highest BCUT2D eigenvalue weighted by atomic mass is 79.9. The number of nitrogens with zero attached hydrogens (tertiary/aromatic N) is 1. The van der Waals surface area contributed by atoms with Gasteiger partial charge in [-0.1, -0.05) is 11.6 Å². The Kier molecular flexibility index (Phi) is 6.91. The number of benzene rings is 2. The van der Waals surface area contributed by atoms with E-state index >= 15 is 0 Å². The monoisotopic (exact) mass is 460 g/mol. The fourth-order valence-electron chi connectivity index (χ4n) is 2.18. The number of carbonyl (C=O) groups excluding carboxylic acids is 1. The molecule has 0 aliphatic heterocycles. The lowest BCUT2D eigenvalue weighted by molar-refractivity contribution is -0.114. The van der Waals surface area contributed by atoms with E-state index < -0.39 is 15.9 Å². The molecule has 2 aromatic carbocycles. The van der Waals surface area contributed by atoms with E-state index in [0.717, 1.165) is 10.6 Å². The van der Waals surface area contributed by atoms with E-state index in [4.69, 9.17) is 16.3 Å². The molecule has 26 heavy (non-hydrogen) atoms. The number of hydrogen-bond donors (Lipinski definition) is 1. The molecule has 0 aromatic heterocycles. The fraction of sp³-hybridized carbons (Fsp3) is 0.235. The zero-order valence-corrected chi connectivity index (χ0v) is 17.4. The Hall–Kier alpha value is -1.77. The van der Waals surface area contributed by atoms with Crippen LogP contribution in [-0.2, 0) is 14.8 Å². The lowest BCUT2D eigenvalue weighted by atomic mass is 10.3. The van der Waals surface area contributed by atoms with Gasteiger partial charge in [-0.3, -0.25) is 9.10 Å². The van der Waals surface area contributed by atoms with E-state index in [1.54, 1.807) is 42.5 Å². The van der Waals surface area contributed by atoms with E-state index in [2.05, 4.69) is 21.2 Å². The van der Waals surface area contributed by atoms with Crippen LogP contribution < -0.4 is 14.4 Å². The summed E-state index contributed by atoms with van der Waals surface area (Å²) >= 11 is 9.26. The van der Waals surface area contributed by atoms with Crippen LogP contribution in [0.3, 0.4) is 0 Å². The predicted molar refractivity (Wildman–Crippen MR) is 108 cm³/mol. The highest BCUT2D eigenvalue weighted by molar-refractivity contribution is 9.10. The van der Waals surface area contributed by atoms with Crippen LogP contribution >= 0.6 is 27.5 Å². The van der Waals surface area contributed by atoms with Crippen molar-refractivity contribution in [1.29, 1.82) is 0 Å². The third-order valence-electron chi connectivity index (χ3n) is 3.33. The summed E-state index contributed by atoms with van der Waals surface area (Å²) < 4.78 is 31.3. The van der Waals surface area contributed by atoms with Crippen LogP contribution in [0.5, 0.6) is 5.75 Å². The third kappa shape index (κ3) is 5.62. The molecule has 0 atom stereocenters. The fourth-order valence-corrected chi connectivity index (χ4v) is 3.46. The van der Waals surface area contributed by atoms with Crippen LogP contribution in [0, 0.1) is 0 Å². The van der Waals surface area contributed by atoms with E-state index in [-0.39, 0.29) is 6.54 Å². The van der Waals surface area contributed by atoms with Gasteiger partial charge in [-0.25, -0.2) is 8.42 Å². The summed E-state index contributed by atoms with van der Waals surface area (Å²) in [6.07, 6.45) is 1.05. The van der Waals surface area contributed by atoms with Gasteiger partial charge in [0.2, 0.25) is 15.9 Å². The Morgan fingerprint density at radius 2 is 1.88 bits per heavy atom. The van der Waals surface area contributed by atoms with Crippen molar-refractivity contribution in [3.63, 3.8) is 0 Å². The number of carbonyl (C=O) groups is 1. The SMILES string of the molecule is CCOc1ccc(N(CC(=O)Nc2ccc(Br)c(Cl)c2)S(C)(=O)=O)cc1. The standard InChI is InChI=1S/C17H18BrClN2O4S/c1-3-25-14-7-5-13(6-8-14)21(26(2,23)24)11-17(22)20-12-4-9-15(18)16(19)10-12/h4-10H,3,11H2,1-2H3,(H,20,22). The van der Waals surface area contributed by atoms with Crippen LogP contribution in [-0.4, -0.2) is 33.7 Å². The van der Waals surface area contributed by atoms with Gasteiger partial charge < -0.3 is 10.1 Å². The van der Waals surface area contributed by atoms with Gasteiger partial charge in [0.05, 0.1) is 23.6 Å². The molecule has 0 unspecified atom stereocenters. The average Bonchev–Trinajstić information content (AvgIpc) is 2.56. The molecule has 9 heteroatoms. The molecule has 2 aromatic rings. The van der Waals surface area contributed by atoms with E-state index in [1.807, 2.05) is 6.92 Å². The van der Waals surface area contributed by atoms with Crippen molar-refractivity contribution < 1.29 is 17.9 Å². The molecule has 2 rings (SSSR count). The van der Waals surface area contributed by atoms with Crippen LogP contribution in [0.4, 0.5) is 11.4 Å². The Labute approximate surface area is 166 Å². The van der Waals surface area contributed by atoms with E-state index in [9.17, 15) is 13.2 Å². The van der Waals surface area contributed by atoms with Crippen molar-refractivity contribution in [1.82, 2.24) is 0 Å². The summed E-state index contributed by atoms with van der Waals surface area (Å²) in [4.78, 5) is 12.3. The van der Waals surface area contributed by atoms with Crippen molar-refractivity contribution in [2.24, 2.45) is 0 Å². The number of hydrogen-bond acceptors (Lipinski definition) is 4. The number of nitrogens with one attached hydrogen (secondary N) is 1. The van der Waals surface area contributed by atoms with Crippen LogP contribution in [0.25, 0.3) is 0 Å².